The maximum atomic E-state index is 11.6. The first kappa shape index (κ1) is 14.3. The van der Waals surface area contributed by atoms with E-state index in [1.165, 1.54) is 0 Å². The first-order valence-corrected chi connectivity index (χ1v) is 7.30. The quantitative estimate of drug-likeness (QED) is 0.757. The van der Waals surface area contributed by atoms with Crippen LogP contribution >= 0.6 is 0 Å². The van der Waals surface area contributed by atoms with Crippen LogP contribution in [-0.2, 0) is 4.79 Å². The van der Waals surface area contributed by atoms with E-state index in [0.717, 1.165) is 22.3 Å². The van der Waals surface area contributed by atoms with E-state index in [4.69, 9.17) is 0 Å². The minimum Gasteiger partial charge on any atom is -0.363 e. The zero-order chi connectivity index (χ0) is 15.5. The fourth-order valence-corrected chi connectivity index (χ4v) is 2.14. The van der Waals surface area contributed by atoms with Crippen molar-refractivity contribution in [1.29, 1.82) is 0 Å². The van der Waals surface area contributed by atoms with Gasteiger partial charge < -0.3 is 10.3 Å². The maximum absolute atomic E-state index is 11.6. The molecular formula is C17H18N4O. The van der Waals surface area contributed by atoms with Gasteiger partial charge in [0.2, 0.25) is 0 Å². The van der Waals surface area contributed by atoms with Crippen LogP contribution in [0.1, 0.15) is 13.8 Å². The SMILES string of the molecule is CC(C)C(=O)CNc1cnc(-c2cc3ccccc3cn2)[nH]1. The second-order valence-corrected chi connectivity index (χ2v) is 5.54. The molecule has 0 atom stereocenters. The molecular weight excluding hydrogens is 276 g/mol. The Labute approximate surface area is 128 Å². The van der Waals surface area contributed by atoms with Crippen molar-refractivity contribution in [2.45, 2.75) is 13.8 Å². The van der Waals surface area contributed by atoms with Gasteiger partial charge in [0.1, 0.15) is 11.5 Å². The van der Waals surface area contributed by atoms with Crippen LogP contribution in [0.25, 0.3) is 22.3 Å². The fourth-order valence-electron chi connectivity index (χ4n) is 2.14. The van der Waals surface area contributed by atoms with Crippen molar-refractivity contribution >= 4 is 22.4 Å². The Hall–Kier alpha value is -2.69. The second-order valence-electron chi connectivity index (χ2n) is 5.54. The zero-order valence-electron chi connectivity index (χ0n) is 12.6. The maximum Gasteiger partial charge on any atom is 0.157 e. The van der Waals surface area contributed by atoms with Gasteiger partial charge in [-0.3, -0.25) is 9.78 Å². The number of rotatable bonds is 5. The number of aromatic nitrogens is 3. The molecule has 0 bridgehead atoms. The highest BCUT2D eigenvalue weighted by Gasteiger charge is 2.09. The summed E-state index contributed by atoms with van der Waals surface area (Å²) in [6.45, 7) is 4.08. The van der Waals surface area contributed by atoms with E-state index in [-0.39, 0.29) is 11.7 Å². The van der Waals surface area contributed by atoms with Crippen LogP contribution in [0.5, 0.6) is 0 Å². The van der Waals surface area contributed by atoms with Gasteiger partial charge in [0.25, 0.3) is 0 Å². The lowest BCUT2D eigenvalue weighted by molar-refractivity contribution is -0.120. The molecule has 1 aromatic carbocycles. The van der Waals surface area contributed by atoms with Gasteiger partial charge in [-0.25, -0.2) is 4.98 Å². The van der Waals surface area contributed by atoms with Crippen molar-refractivity contribution in [3.05, 3.63) is 42.7 Å². The minimum absolute atomic E-state index is 0.0250. The Balaban J connectivity index is 1.78. The zero-order valence-corrected chi connectivity index (χ0v) is 12.6. The first-order chi connectivity index (χ1) is 10.6. The fraction of sp³-hybridized carbons (Fsp3) is 0.235. The van der Waals surface area contributed by atoms with E-state index < -0.39 is 0 Å². The number of pyridine rings is 1. The van der Waals surface area contributed by atoms with E-state index in [2.05, 4.69) is 20.3 Å². The van der Waals surface area contributed by atoms with Gasteiger partial charge in [0.15, 0.2) is 11.6 Å². The molecule has 0 aliphatic heterocycles. The number of carbonyl (C=O) groups is 1. The lowest BCUT2D eigenvalue weighted by Crippen LogP contribution is -2.18. The standard InChI is InChI=1S/C17H18N4O/c1-11(2)15(22)9-19-16-10-20-17(21-16)14-7-12-5-3-4-6-13(12)8-18-14/h3-8,10-11,19H,9H2,1-2H3,(H,20,21). The largest absolute Gasteiger partial charge is 0.363 e. The number of ketones is 1. The summed E-state index contributed by atoms with van der Waals surface area (Å²) in [4.78, 5) is 23.5. The molecule has 0 radical (unpaired) electrons. The minimum atomic E-state index is 0.0250. The first-order valence-electron chi connectivity index (χ1n) is 7.30. The van der Waals surface area contributed by atoms with E-state index in [9.17, 15) is 4.79 Å². The molecule has 112 valence electrons. The lowest BCUT2D eigenvalue weighted by atomic mass is 10.1. The normalized spacial score (nSPS) is 11.0. The summed E-state index contributed by atoms with van der Waals surface area (Å²) in [6, 6.07) is 10.1. The molecule has 0 aliphatic rings. The Morgan fingerprint density at radius 2 is 1.95 bits per heavy atom. The number of carbonyl (C=O) groups excluding carboxylic acids is 1. The summed E-state index contributed by atoms with van der Waals surface area (Å²) in [6.07, 6.45) is 3.52. The summed E-state index contributed by atoms with van der Waals surface area (Å²) < 4.78 is 0. The highest BCUT2D eigenvalue weighted by atomic mass is 16.1. The van der Waals surface area contributed by atoms with Crippen molar-refractivity contribution < 1.29 is 4.79 Å². The number of imidazole rings is 1. The number of anilines is 1. The number of aromatic amines is 1. The molecule has 3 aromatic rings. The molecule has 0 fully saturated rings. The summed E-state index contributed by atoms with van der Waals surface area (Å²) in [5, 5.41) is 5.27. The van der Waals surface area contributed by atoms with Gasteiger partial charge in [-0.1, -0.05) is 38.1 Å². The van der Waals surface area contributed by atoms with Crippen molar-refractivity contribution in [1.82, 2.24) is 15.0 Å². The van der Waals surface area contributed by atoms with Gasteiger partial charge in [0.05, 0.1) is 12.7 Å². The Bertz CT molecular complexity index is 807. The number of H-pyrrole nitrogens is 1. The number of fused-ring (bicyclic) bond motifs is 1. The van der Waals surface area contributed by atoms with Crippen molar-refractivity contribution in [3.63, 3.8) is 0 Å². The van der Waals surface area contributed by atoms with Gasteiger partial charge >= 0.3 is 0 Å². The van der Waals surface area contributed by atoms with E-state index in [1.54, 1.807) is 6.20 Å². The van der Waals surface area contributed by atoms with Gasteiger partial charge in [-0.05, 0) is 11.5 Å². The summed E-state index contributed by atoms with van der Waals surface area (Å²) in [5.74, 6) is 1.60. The van der Waals surface area contributed by atoms with Crippen LogP contribution in [0.4, 0.5) is 5.82 Å². The van der Waals surface area contributed by atoms with Crippen molar-refractivity contribution in [2.75, 3.05) is 11.9 Å². The monoisotopic (exact) mass is 294 g/mol. The second kappa shape index (κ2) is 5.97. The van der Waals surface area contributed by atoms with E-state index in [1.807, 2.05) is 50.4 Å². The van der Waals surface area contributed by atoms with Gasteiger partial charge in [-0.2, -0.15) is 0 Å². The Morgan fingerprint density at radius 1 is 1.18 bits per heavy atom. The smallest absolute Gasteiger partial charge is 0.157 e. The van der Waals surface area contributed by atoms with Crippen LogP contribution in [0.3, 0.4) is 0 Å². The molecule has 3 rings (SSSR count). The Morgan fingerprint density at radius 3 is 2.73 bits per heavy atom. The molecule has 2 heterocycles. The summed E-state index contributed by atoms with van der Waals surface area (Å²) >= 11 is 0. The Kier molecular flexibility index (Phi) is 3.87. The third-order valence-corrected chi connectivity index (χ3v) is 3.55. The van der Waals surface area contributed by atoms with Crippen molar-refractivity contribution in [2.24, 2.45) is 5.92 Å². The van der Waals surface area contributed by atoms with Crippen molar-refractivity contribution in [3.8, 4) is 11.5 Å². The van der Waals surface area contributed by atoms with Crippen LogP contribution in [0.2, 0.25) is 0 Å². The summed E-state index contributed by atoms with van der Waals surface area (Å²) in [7, 11) is 0. The van der Waals surface area contributed by atoms with Gasteiger partial charge in [0, 0.05) is 17.5 Å². The number of nitrogens with zero attached hydrogens (tertiary/aromatic N) is 2. The molecule has 0 spiro atoms. The van der Waals surface area contributed by atoms with Crippen LogP contribution in [0.15, 0.2) is 42.7 Å². The molecule has 22 heavy (non-hydrogen) atoms. The number of nitrogens with one attached hydrogen (secondary N) is 2. The number of hydrogen-bond acceptors (Lipinski definition) is 4. The molecule has 5 nitrogen and oxygen atoms in total. The third-order valence-electron chi connectivity index (χ3n) is 3.55. The van der Waals surface area contributed by atoms with E-state index >= 15 is 0 Å². The summed E-state index contributed by atoms with van der Waals surface area (Å²) in [5.41, 5.74) is 0.780. The average Bonchev–Trinajstić information content (AvgIpc) is 3.01. The predicted molar refractivity (Wildman–Crippen MR) is 87.7 cm³/mol. The third kappa shape index (κ3) is 2.98. The highest BCUT2D eigenvalue weighted by molar-refractivity contribution is 5.85. The molecule has 2 N–H and O–H groups in total. The van der Waals surface area contributed by atoms with Crippen LogP contribution < -0.4 is 5.32 Å². The number of Topliss-reactive ketones (excluding diaryl/α,β-unsaturated/α-hetero) is 1. The average molecular weight is 294 g/mol. The molecule has 0 unspecified atom stereocenters. The molecule has 5 heteroatoms. The van der Waals surface area contributed by atoms with Crippen LogP contribution in [-0.4, -0.2) is 27.3 Å². The van der Waals surface area contributed by atoms with E-state index in [0.29, 0.717) is 12.4 Å². The molecule has 0 amide bonds. The topological polar surface area (TPSA) is 70.7 Å². The predicted octanol–water partition coefficient (Wildman–Crippen LogP) is 3.26. The lowest BCUT2D eigenvalue weighted by Gasteiger charge is -2.05. The molecule has 0 saturated heterocycles. The molecule has 0 aliphatic carbocycles. The number of benzene rings is 1. The molecule has 2 aromatic heterocycles. The number of hydrogen-bond donors (Lipinski definition) is 2. The highest BCUT2D eigenvalue weighted by Crippen LogP contribution is 2.20. The van der Waals surface area contributed by atoms with Crippen LogP contribution in [0, 0.1) is 5.92 Å². The molecule has 0 saturated carbocycles. The van der Waals surface area contributed by atoms with Gasteiger partial charge in [-0.15, -0.1) is 0 Å².